The van der Waals surface area contributed by atoms with Crippen LogP contribution < -0.4 is 15.1 Å². The Bertz CT molecular complexity index is 1580. The molecule has 1 amide bonds. The molecule has 0 saturated carbocycles. The lowest BCUT2D eigenvalue weighted by molar-refractivity contribution is 0.0705. The number of aryl methyl sites for hydroxylation is 1. The van der Waals surface area contributed by atoms with Crippen LogP contribution in [0.25, 0.3) is 32.5 Å². The molecule has 1 fully saturated rings. The molecule has 194 valence electrons. The van der Waals surface area contributed by atoms with E-state index < -0.39 is 5.91 Å². The third-order valence-electron chi connectivity index (χ3n) is 6.23. The standard InChI is InChI=1S/C25H24N8O4S/c34-25(32-35)15-12-26-20(27-13-15)5-2-8-37-21-11-19-22(38-21)24(33-6-9-36-10-7-33)30-23(29-19)16-3-1-4-18-17(16)14-28-31-18/h1,3-4,11-14,35H,2,5-10H2,(H,28,31)(H,32,34). The van der Waals surface area contributed by atoms with E-state index >= 15 is 0 Å². The van der Waals surface area contributed by atoms with Gasteiger partial charge in [0.1, 0.15) is 5.82 Å². The quantitative estimate of drug-likeness (QED) is 0.154. The van der Waals surface area contributed by atoms with Crippen molar-refractivity contribution in [2.24, 2.45) is 0 Å². The van der Waals surface area contributed by atoms with Gasteiger partial charge in [-0.25, -0.2) is 25.4 Å². The molecule has 6 rings (SSSR count). The zero-order chi connectivity index (χ0) is 25.9. The van der Waals surface area contributed by atoms with Crippen LogP contribution in [0.1, 0.15) is 22.6 Å². The maximum atomic E-state index is 11.4. The van der Waals surface area contributed by atoms with Gasteiger partial charge in [0.2, 0.25) is 0 Å². The number of aromatic nitrogens is 6. The normalized spacial score (nSPS) is 13.8. The fourth-order valence-corrected chi connectivity index (χ4v) is 5.30. The number of nitrogens with zero attached hydrogens (tertiary/aromatic N) is 6. The van der Waals surface area contributed by atoms with Gasteiger partial charge in [-0.1, -0.05) is 23.5 Å². The van der Waals surface area contributed by atoms with Gasteiger partial charge in [0.05, 0.1) is 47.3 Å². The fraction of sp³-hybridized carbons (Fsp3) is 0.280. The molecule has 5 heterocycles. The zero-order valence-corrected chi connectivity index (χ0v) is 21.1. The highest BCUT2D eigenvalue weighted by molar-refractivity contribution is 7.21. The average Bonchev–Trinajstić information content (AvgIpc) is 3.62. The number of benzene rings is 1. The van der Waals surface area contributed by atoms with E-state index in [9.17, 15) is 4.79 Å². The Balaban J connectivity index is 1.23. The van der Waals surface area contributed by atoms with Crippen molar-refractivity contribution in [1.82, 2.24) is 35.6 Å². The summed E-state index contributed by atoms with van der Waals surface area (Å²) in [6.45, 7) is 3.29. The van der Waals surface area contributed by atoms with Crippen LogP contribution in [0.3, 0.4) is 0 Å². The van der Waals surface area contributed by atoms with Gasteiger partial charge in [0.25, 0.3) is 5.91 Å². The third-order valence-corrected chi connectivity index (χ3v) is 7.26. The van der Waals surface area contributed by atoms with Crippen molar-refractivity contribution in [2.75, 3.05) is 37.8 Å². The van der Waals surface area contributed by atoms with E-state index in [2.05, 4.69) is 25.1 Å². The molecular formula is C25H24N8O4S. The van der Waals surface area contributed by atoms with Crippen molar-refractivity contribution < 1.29 is 19.5 Å². The van der Waals surface area contributed by atoms with Crippen LogP contribution in [-0.4, -0.2) is 74.2 Å². The monoisotopic (exact) mass is 532 g/mol. The Morgan fingerprint density at radius 2 is 2.03 bits per heavy atom. The molecule has 0 atom stereocenters. The number of carbonyl (C=O) groups excluding carboxylic acids is 1. The number of hydrogen-bond donors (Lipinski definition) is 3. The van der Waals surface area contributed by atoms with Gasteiger partial charge in [-0.05, 0) is 12.5 Å². The van der Waals surface area contributed by atoms with Crippen LogP contribution in [0.2, 0.25) is 0 Å². The number of rotatable bonds is 8. The van der Waals surface area contributed by atoms with E-state index in [4.69, 9.17) is 24.6 Å². The van der Waals surface area contributed by atoms with Crippen molar-refractivity contribution in [1.29, 1.82) is 0 Å². The van der Waals surface area contributed by atoms with Crippen molar-refractivity contribution in [3.63, 3.8) is 0 Å². The maximum absolute atomic E-state index is 11.4. The SMILES string of the molecule is O=C(NO)c1cnc(CCCOc2cc3nc(-c4cccc5[nH]ncc45)nc(N4CCOCC4)c3s2)nc1. The highest BCUT2D eigenvalue weighted by atomic mass is 32.1. The highest BCUT2D eigenvalue weighted by Gasteiger charge is 2.21. The van der Waals surface area contributed by atoms with E-state index in [0.717, 1.165) is 50.7 Å². The summed E-state index contributed by atoms with van der Waals surface area (Å²) in [5.74, 6) is 1.48. The minimum atomic E-state index is -0.645. The molecule has 12 nitrogen and oxygen atoms in total. The lowest BCUT2D eigenvalue weighted by Gasteiger charge is -2.28. The highest BCUT2D eigenvalue weighted by Crippen LogP contribution is 2.39. The van der Waals surface area contributed by atoms with Gasteiger partial charge in [-0.2, -0.15) is 5.10 Å². The number of morpholine rings is 1. The summed E-state index contributed by atoms with van der Waals surface area (Å²) in [7, 11) is 0. The van der Waals surface area contributed by atoms with Gasteiger partial charge < -0.3 is 14.4 Å². The molecule has 0 aliphatic carbocycles. The Kier molecular flexibility index (Phi) is 6.77. The third kappa shape index (κ3) is 4.86. The van der Waals surface area contributed by atoms with E-state index in [-0.39, 0.29) is 5.56 Å². The molecule has 3 N–H and O–H groups in total. The van der Waals surface area contributed by atoms with Gasteiger partial charge in [0, 0.05) is 48.9 Å². The number of carbonyl (C=O) groups is 1. The number of amides is 1. The first-order valence-electron chi connectivity index (χ1n) is 12.1. The van der Waals surface area contributed by atoms with Gasteiger partial charge in [-0.15, -0.1) is 0 Å². The molecule has 13 heteroatoms. The molecule has 1 aliphatic rings. The second-order valence-corrected chi connectivity index (χ2v) is 9.68. The maximum Gasteiger partial charge on any atom is 0.277 e. The minimum Gasteiger partial charge on any atom is -0.484 e. The summed E-state index contributed by atoms with van der Waals surface area (Å²) >= 11 is 1.53. The summed E-state index contributed by atoms with van der Waals surface area (Å²) < 4.78 is 12.6. The number of nitrogens with one attached hydrogen (secondary N) is 2. The molecule has 0 spiro atoms. The second-order valence-electron chi connectivity index (χ2n) is 8.67. The number of hydroxylamine groups is 1. The summed E-state index contributed by atoms with van der Waals surface area (Å²) in [6.07, 6.45) is 5.84. The Morgan fingerprint density at radius 1 is 1.18 bits per heavy atom. The fourth-order valence-electron chi connectivity index (χ4n) is 4.31. The first kappa shape index (κ1) is 24.2. The molecule has 38 heavy (non-hydrogen) atoms. The molecular weight excluding hydrogens is 508 g/mol. The summed E-state index contributed by atoms with van der Waals surface area (Å²) in [5, 5.41) is 17.6. The summed E-state index contributed by atoms with van der Waals surface area (Å²) in [4.78, 5) is 31.9. The topological polar surface area (TPSA) is 151 Å². The van der Waals surface area contributed by atoms with Crippen molar-refractivity contribution in [2.45, 2.75) is 12.8 Å². The molecule has 1 aromatic carbocycles. The van der Waals surface area contributed by atoms with E-state index in [0.29, 0.717) is 44.3 Å². The van der Waals surface area contributed by atoms with Gasteiger partial charge >= 0.3 is 0 Å². The van der Waals surface area contributed by atoms with Crippen molar-refractivity contribution >= 4 is 44.2 Å². The van der Waals surface area contributed by atoms with E-state index in [1.807, 2.05) is 24.3 Å². The first-order valence-corrected chi connectivity index (χ1v) is 13.0. The predicted octanol–water partition coefficient (Wildman–Crippen LogP) is 2.99. The van der Waals surface area contributed by atoms with Crippen LogP contribution >= 0.6 is 11.3 Å². The minimum absolute atomic E-state index is 0.193. The smallest absolute Gasteiger partial charge is 0.277 e. The number of aromatic amines is 1. The van der Waals surface area contributed by atoms with Crippen molar-refractivity contribution in [3.05, 3.63) is 54.2 Å². The Morgan fingerprint density at radius 3 is 2.84 bits per heavy atom. The summed E-state index contributed by atoms with van der Waals surface area (Å²) in [5.41, 5.74) is 4.44. The van der Waals surface area contributed by atoms with Gasteiger partial charge in [0.15, 0.2) is 16.7 Å². The van der Waals surface area contributed by atoms with Crippen LogP contribution in [0.15, 0.2) is 42.9 Å². The molecule has 1 saturated heterocycles. The lowest BCUT2D eigenvalue weighted by atomic mass is 10.1. The largest absolute Gasteiger partial charge is 0.484 e. The number of fused-ring (bicyclic) bond motifs is 2. The average molecular weight is 533 g/mol. The molecule has 1 aliphatic heterocycles. The molecule has 5 aromatic rings. The number of thiophene rings is 1. The lowest BCUT2D eigenvalue weighted by Crippen LogP contribution is -2.36. The van der Waals surface area contributed by atoms with Crippen LogP contribution in [0.5, 0.6) is 5.06 Å². The summed E-state index contributed by atoms with van der Waals surface area (Å²) in [6, 6.07) is 7.92. The molecule has 0 bridgehead atoms. The second kappa shape index (κ2) is 10.7. The van der Waals surface area contributed by atoms with Gasteiger partial charge in [-0.3, -0.25) is 15.1 Å². The Labute approximate surface area is 220 Å². The first-order chi connectivity index (χ1) is 18.7. The van der Waals surface area contributed by atoms with Crippen LogP contribution in [0.4, 0.5) is 5.82 Å². The zero-order valence-electron chi connectivity index (χ0n) is 20.3. The Hall–Kier alpha value is -4.20. The number of H-pyrrole nitrogens is 1. The van der Waals surface area contributed by atoms with E-state index in [1.54, 1.807) is 11.7 Å². The number of ether oxygens (including phenoxy) is 2. The van der Waals surface area contributed by atoms with Crippen LogP contribution in [0, 0.1) is 0 Å². The van der Waals surface area contributed by atoms with Crippen molar-refractivity contribution in [3.8, 4) is 16.5 Å². The molecule has 0 unspecified atom stereocenters. The van der Waals surface area contributed by atoms with E-state index in [1.165, 1.54) is 23.7 Å². The van der Waals surface area contributed by atoms with Crippen LogP contribution in [-0.2, 0) is 11.2 Å². The number of anilines is 1. The molecule has 0 radical (unpaired) electrons. The number of hydrogen-bond acceptors (Lipinski definition) is 11. The molecule has 4 aromatic heterocycles. The predicted molar refractivity (Wildman–Crippen MR) is 141 cm³/mol.